The molecule has 1 fully saturated rings. The lowest BCUT2D eigenvalue weighted by atomic mass is 9.88. The van der Waals surface area contributed by atoms with Crippen molar-refractivity contribution in [2.45, 2.75) is 46.1 Å². The standard InChI is InChI=1S/C17H25NO2/c1-4-13-10-15(20-12(2)3)7-8-16(13)17(19)14-6-5-9-18-11-14/h7-8,10,12,14,18H,4-6,9,11H2,1-3H3. The number of piperidine rings is 1. The average Bonchev–Trinajstić information content (AvgIpc) is 2.46. The number of hydrogen-bond donors (Lipinski definition) is 1. The minimum Gasteiger partial charge on any atom is -0.491 e. The monoisotopic (exact) mass is 275 g/mol. The van der Waals surface area contributed by atoms with Gasteiger partial charge in [-0.3, -0.25) is 4.79 Å². The predicted octanol–water partition coefficient (Wildman–Crippen LogP) is 3.22. The van der Waals surface area contributed by atoms with Crippen molar-refractivity contribution in [3.8, 4) is 5.75 Å². The molecule has 1 unspecified atom stereocenters. The number of nitrogens with one attached hydrogen (secondary N) is 1. The van der Waals surface area contributed by atoms with Crippen molar-refractivity contribution in [1.82, 2.24) is 5.32 Å². The van der Waals surface area contributed by atoms with Gasteiger partial charge in [0.05, 0.1) is 6.10 Å². The summed E-state index contributed by atoms with van der Waals surface area (Å²) < 4.78 is 5.71. The summed E-state index contributed by atoms with van der Waals surface area (Å²) >= 11 is 0. The van der Waals surface area contributed by atoms with Gasteiger partial charge in [0.1, 0.15) is 5.75 Å². The Morgan fingerprint density at radius 3 is 2.85 bits per heavy atom. The highest BCUT2D eigenvalue weighted by atomic mass is 16.5. The van der Waals surface area contributed by atoms with Crippen molar-refractivity contribution >= 4 is 5.78 Å². The molecule has 3 heteroatoms. The molecule has 1 aromatic carbocycles. The smallest absolute Gasteiger partial charge is 0.167 e. The van der Waals surface area contributed by atoms with Gasteiger partial charge in [-0.05, 0) is 63.4 Å². The maximum atomic E-state index is 12.6. The summed E-state index contributed by atoms with van der Waals surface area (Å²) in [7, 11) is 0. The van der Waals surface area contributed by atoms with Crippen LogP contribution in [0.3, 0.4) is 0 Å². The first-order chi connectivity index (χ1) is 9.61. The fourth-order valence-electron chi connectivity index (χ4n) is 2.74. The van der Waals surface area contributed by atoms with Crippen molar-refractivity contribution in [2.24, 2.45) is 5.92 Å². The largest absolute Gasteiger partial charge is 0.491 e. The molecule has 0 spiro atoms. The van der Waals surface area contributed by atoms with Crippen LogP contribution in [0.2, 0.25) is 0 Å². The second-order valence-corrected chi connectivity index (χ2v) is 5.75. The highest BCUT2D eigenvalue weighted by Gasteiger charge is 2.23. The summed E-state index contributed by atoms with van der Waals surface area (Å²) in [4.78, 5) is 12.6. The van der Waals surface area contributed by atoms with Crippen molar-refractivity contribution < 1.29 is 9.53 Å². The lowest BCUT2D eigenvalue weighted by Crippen LogP contribution is -2.34. The van der Waals surface area contributed by atoms with Gasteiger partial charge in [-0.15, -0.1) is 0 Å². The fourth-order valence-corrected chi connectivity index (χ4v) is 2.74. The molecular weight excluding hydrogens is 250 g/mol. The summed E-state index contributed by atoms with van der Waals surface area (Å²) in [6.45, 7) is 7.96. The van der Waals surface area contributed by atoms with E-state index < -0.39 is 0 Å². The fraction of sp³-hybridized carbons (Fsp3) is 0.588. The average molecular weight is 275 g/mol. The van der Waals surface area contributed by atoms with E-state index in [1.807, 2.05) is 32.0 Å². The maximum absolute atomic E-state index is 12.6. The third-order valence-electron chi connectivity index (χ3n) is 3.76. The van der Waals surface area contributed by atoms with Gasteiger partial charge in [-0.1, -0.05) is 6.92 Å². The van der Waals surface area contributed by atoms with Crippen LogP contribution in [0.4, 0.5) is 0 Å². The lowest BCUT2D eigenvalue weighted by molar-refractivity contribution is 0.0898. The number of aryl methyl sites for hydroxylation is 1. The van der Waals surface area contributed by atoms with E-state index in [2.05, 4.69) is 12.2 Å². The number of ether oxygens (including phenoxy) is 1. The van der Waals surface area contributed by atoms with Crippen LogP contribution in [0, 0.1) is 5.92 Å². The number of benzene rings is 1. The van der Waals surface area contributed by atoms with Gasteiger partial charge in [0, 0.05) is 18.0 Å². The molecule has 0 aliphatic carbocycles. The molecule has 0 radical (unpaired) electrons. The van der Waals surface area contributed by atoms with Crippen LogP contribution in [-0.2, 0) is 6.42 Å². The number of rotatable bonds is 5. The maximum Gasteiger partial charge on any atom is 0.167 e. The zero-order chi connectivity index (χ0) is 14.5. The zero-order valence-electron chi connectivity index (χ0n) is 12.7. The van der Waals surface area contributed by atoms with E-state index in [9.17, 15) is 4.79 Å². The van der Waals surface area contributed by atoms with Crippen LogP contribution in [0.15, 0.2) is 18.2 Å². The van der Waals surface area contributed by atoms with E-state index in [0.717, 1.165) is 49.2 Å². The molecule has 0 saturated carbocycles. The molecule has 2 rings (SSSR count). The molecule has 0 aromatic heterocycles. The highest BCUT2D eigenvalue weighted by Crippen LogP contribution is 2.24. The predicted molar refractivity (Wildman–Crippen MR) is 81.5 cm³/mol. The quantitative estimate of drug-likeness (QED) is 0.839. The summed E-state index contributed by atoms with van der Waals surface area (Å²) in [6, 6.07) is 5.87. The number of Topliss-reactive ketones (excluding diaryl/α,β-unsaturated/α-hetero) is 1. The molecule has 1 aliphatic rings. The SMILES string of the molecule is CCc1cc(OC(C)C)ccc1C(=O)C1CCCNC1. The topological polar surface area (TPSA) is 38.3 Å². The van der Waals surface area contributed by atoms with Gasteiger partial charge >= 0.3 is 0 Å². The van der Waals surface area contributed by atoms with Gasteiger partial charge in [0.25, 0.3) is 0 Å². The van der Waals surface area contributed by atoms with Crippen LogP contribution in [0.1, 0.15) is 49.5 Å². The Morgan fingerprint density at radius 2 is 2.25 bits per heavy atom. The first-order valence-electron chi connectivity index (χ1n) is 7.66. The molecule has 20 heavy (non-hydrogen) atoms. The number of hydrogen-bond acceptors (Lipinski definition) is 3. The molecule has 1 aliphatic heterocycles. The molecule has 3 nitrogen and oxygen atoms in total. The van der Waals surface area contributed by atoms with Gasteiger partial charge in [-0.2, -0.15) is 0 Å². The van der Waals surface area contributed by atoms with Crippen LogP contribution in [0.25, 0.3) is 0 Å². The zero-order valence-corrected chi connectivity index (χ0v) is 12.7. The Kier molecular flexibility index (Phi) is 5.18. The Labute approximate surface area is 121 Å². The highest BCUT2D eigenvalue weighted by molar-refractivity contribution is 5.99. The molecule has 110 valence electrons. The van der Waals surface area contributed by atoms with E-state index in [4.69, 9.17) is 4.74 Å². The van der Waals surface area contributed by atoms with Crippen molar-refractivity contribution in [1.29, 1.82) is 0 Å². The molecule has 0 amide bonds. The van der Waals surface area contributed by atoms with E-state index in [-0.39, 0.29) is 17.8 Å². The summed E-state index contributed by atoms with van der Waals surface area (Å²) in [5.41, 5.74) is 1.97. The van der Waals surface area contributed by atoms with Gasteiger partial charge in [0.2, 0.25) is 0 Å². The second-order valence-electron chi connectivity index (χ2n) is 5.75. The van der Waals surface area contributed by atoms with E-state index in [0.29, 0.717) is 0 Å². The van der Waals surface area contributed by atoms with E-state index in [1.54, 1.807) is 0 Å². The van der Waals surface area contributed by atoms with Crippen LogP contribution in [-0.4, -0.2) is 25.0 Å². The van der Waals surface area contributed by atoms with E-state index in [1.165, 1.54) is 0 Å². The molecule has 1 heterocycles. The summed E-state index contributed by atoms with van der Waals surface area (Å²) in [5, 5.41) is 3.31. The van der Waals surface area contributed by atoms with Gasteiger partial charge in [-0.25, -0.2) is 0 Å². The van der Waals surface area contributed by atoms with Crippen molar-refractivity contribution in [2.75, 3.05) is 13.1 Å². The first-order valence-corrected chi connectivity index (χ1v) is 7.66. The molecule has 1 aromatic rings. The Hall–Kier alpha value is -1.35. The summed E-state index contributed by atoms with van der Waals surface area (Å²) in [6.07, 6.45) is 3.10. The Balaban J connectivity index is 2.19. The first kappa shape index (κ1) is 15.0. The Morgan fingerprint density at radius 1 is 1.45 bits per heavy atom. The number of carbonyl (C=O) groups is 1. The number of ketones is 1. The van der Waals surface area contributed by atoms with Crippen LogP contribution in [0.5, 0.6) is 5.75 Å². The van der Waals surface area contributed by atoms with Crippen LogP contribution >= 0.6 is 0 Å². The molecule has 1 N–H and O–H groups in total. The second kappa shape index (κ2) is 6.89. The van der Waals surface area contributed by atoms with Gasteiger partial charge < -0.3 is 10.1 Å². The molecule has 1 atom stereocenters. The number of carbonyl (C=O) groups excluding carboxylic acids is 1. The Bertz CT molecular complexity index is 462. The van der Waals surface area contributed by atoms with Crippen LogP contribution < -0.4 is 10.1 Å². The third kappa shape index (κ3) is 3.60. The van der Waals surface area contributed by atoms with E-state index >= 15 is 0 Å². The lowest BCUT2D eigenvalue weighted by Gasteiger charge is -2.23. The van der Waals surface area contributed by atoms with Crippen molar-refractivity contribution in [3.05, 3.63) is 29.3 Å². The van der Waals surface area contributed by atoms with Crippen molar-refractivity contribution in [3.63, 3.8) is 0 Å². The molecular formula is C17H25NO2. The molecule has 1 saturated heterocycles. The minimum atomic E-state index is 0.130. The minimum absolute atomic E-state index is 0.130. The normalized spacial score (nSPS) is 19.1. The molecule has 0 bridgehead atoms. The third-order valence-corrected chi connectivity index (χ3v) is 3.76. The van der Waals surface area contributed by atoms with Gasteiger partial charge in [0.15, 0.2) is 5.78 Å². The summed E-state index contributed by atoms with van der Waals surface area (Å²) in [5.74, 6) is 1.27.